The van der Waals surface area contributed by atoms with Crippen molar-refractivity contribution in [2.75, 3.05) is 13.2 Å². The van der Waals surface area contributed by atoms with Crippen LogP contribution in [0.5, 0.6) is 5.75 Å². The molecule has 0 saturated heterocycles. The van der Waals surface area contributed by atoms with Gasteiger partial charge in [0.1, 0.15) is 5.75 Å². The van der Waals surface area contributed by atoms with E-state index in [4.69, 9.17) is 21.0 Å². The van der Waals surface area contributed by atoms with Crippen LogP contribution in [0.25, 0.3) is 11.1 Å². The molecule has 7 heteroatoms. The minimum Gasteiger partial charge on any atom is -0.493 e. The molecule has 0 unspecified atom stereocenters. The zero-order valence-electron chi connectivity index (χ0n) is 15.6. The van der Waals surface area contributed by atoms with Crippen LogP contribution < -0.4 is 16.2 Å². The first-order valence-electron chi connectivity index (χ1n) is 8.87. The molecule has 0 fully saturated rings. The first-order valence-corrected chi connectivity index (χ1v) is 8.87. The Bertz CT molecular complexity index is 833. The highest BCUT2D eigenvalue weighted by molar-refractivity contribution is 5.95. The van der Waals surface area contributed by atoms with Crippen LogP contribution in [-0.4, -0.2) is 35.9 Å². The molecule has 27 heavy (non-hydrogen) atoms. The highest BCUT2D eigenvalue weighted by Gasteiger charge is 2.32. The molecular formula is C20H25N5O2. The van der Waals surface area contributed by atoms with Gasteiger partial charge in [0.25, 0.3) is 0 Å². The zero-order chi connectivity index (χ0) is 19.3. The summed E-state index contributed by atoms with van der Waals surface area (Å²) in [5, 5.41) is 1.47. The van der Waals surface area contributed by atoms with E-state index in [1.807, 2.05) is 50.2 Å². The van der Waals surface area contributed by atoms with Gasteiger partial charge in [-0.15, -0.1) is 0 Å². The van der Waals surface area contributed by atoms with Crippen LogP contribution in [0, 0.1) is 0 Å². The van der Waals surface area contributed by atoms with Gasteiger partial charge in [-0.25, -0.2) is 4.99 Å². The summed E-state index contributed by atoms with van der Waals surface area (Å²) in [7, 11) is 0. The number of para-hydroxylation sites is 1. The van der Waals surface area contributed by atoms with Crippen molar-refractivity contribution in [2.24, 2.45) is 21.5 Å². The number of nitrogens with two attached hydrogens (primary N) is 2. The average molecular weight is 367 g/mol. The van der Waals surface area contributed by atoms with Crippen molar-refractivity contribution in [3.63, 3.8) is 0 Å². The molecule has 1 heterocycles. The first kappa shape index (κ1) is 18.7. The zero-order valence-corrected chi connectivity index (χ0v) is 15.6. The number of ether oxygens (including phenoxy) is 1. The third-order valence-corrected chi connectivity index (χ3v) is 4.06. The molecule has 2 aromatic rings. The summed E-state index contributed by atoms with van der Waals surface area (Å²) in [4.78, 5) is 13.9. The molecule has 7 nitrogen and oxygen atoms in total. The van der Waals surface area contributed by atoms with Crippen LogP contribution in [-0.2, 0) is 4.84 Å². The van der Waals surface area contributed by atoms with Crippen molar-refractivity contribution in [3.05, 3.63) is 54.6 Å². The van der Waals surface area contributed by atoms with Crippen molar-refractivity contribution in [1.82, 2.24) is 5.06 Å². The minimum absolute atomic E-state index is 0.151. The Kier molecular flexibility index (Phi) is 5.61. The van der Waals surface area contributed by atoms with Crippen molar-refractivity contribution in [1.29, 1.82) is 0 Å². The quantitative estimate of drug-likeness (QED) is 0.733. The number of hydrogen-bond donors (Lipinski definition) is 2. The SMILES string of the molecule is CC1(C)N=C(N)N=C(N)N1OCCCOc1ccccc1-c1ccccc1. The predicted molar refractivity (Wildman–Crippen MR) is 107 cm³/mol. The first-order chi connectivity index (χ1) is 13.0. The van der Waals surface area contributed by atoms with E-state index in [0.29, 0.717) is 19.6 Å². The topological polar surface area (TPSA) is 98.5 Å². The monoisotopic (exact) mass is 367 g/mol. The molecule has 3 rings (SSSR count). The summed E-state index contributed by atoms with van der Waals surface area (Å²) in [5.41, 5.74) is 13.0. The predicted octanol–water partition coefficient (Wildman–Crippen LogP) is 2.74. The summed E-state index contributed by atoms with van der Waals surface area (Å²) in [6, 6.07) is 18.2. The number of hydroxylamine groups is 2. The van der Waals surface area contributed by atoms with E-state index in [1.165, 1.54) is 5.06 Å². The van der Waals surface area contributed by atoms with Gasteiger partial charge in [0, 0.05) is 12.0 Å². The van der Waals surface area contributed by atoms with Gasteiger partial charge < -0.3 is 16.2 Å². The Morgan fingerprint density at radius 3 is 2.41 bits per heavy atom. The van der Waals surface area contributed by atoms with E-state index < -0.39 is 5.66 Å². The minimum atomic E-state index is -0.698. The lowest BCUT2D eigenvalue weighted by molar-refractivity contribution is -0.158. The molecule has 1 aliphatic heterocycles. The van der Waals surface area contributed by atoms with Gasteiger partial charge in [0.05, 0.1) is 13.2 Å². The van der Waals surface area contributed by atoms with Gasteiger partial charge in [-0.3, -0.25) is 4.84 Å². The van der Waals surface area contributed by atoms with E-state index >= 15 is 0 Å². The molecular weight excluding hydrogens is 342 g/mol. The van der Waals surface area contributed by atoms with Crippen LogP contribution in [0.3, 0.4) is 0 Å². The molecule has 0 bridgehead atoms. The molecule has 0 spiro atoms. The molecule has 0 amide bonds. The van der Waals surface area contributed by atoms with Crippen LogP contribution in [0.15, 0.2) is 64.6 Å². The normalized spacial score (nSPS) is 15.9. The van der Waals surface area contributed by atoms with E-state index in [9.17, 15) is 0 Å². The number of guanidine groups is 2. The Hall–Kier alpha value is -3.06. The summed E-state index contributed by atoms with van der Waals surface area (Å²) < 4.78 is 5.97. The van der Waals surface area contributed by atoms with Crippen molar-refractivity contribution in [3.8, 4) is 16.9 Å². The average Bonchev–Trinajstić information content (AvgIpc) is 2.63. The number of benzene rings is 2. The van der Waals surface area contributed by atoms with Gasteiger partial charge >= 0.3 is 0 Å². The van der Waals surface area contributed by atoms with Crippen molar-refractivity contribution >= 4 is 11.9 Å². The fraction of sp³-hybridized carbons (Fsp3) is 0.300. The Balaban J connectivity index is 1.53. The Morgan fingerprint density at radius 1 is 0.963 bits per heavy atom. The fourth-order valence-electron chi connectivity index (χ4n) is 2.86. The third kappa shape index (κ3) is 4.57. The molecule has 0 atom stereocenters. The Morgan fingerprint density at radius 2 is 1.67 bits per heavy atom. The molecule has 4 N–H and O–H groups in total. The van der Waals surface area contributed by atoms with E-state index in [-0.39, 0.29) is 11.9 Å². The molecule has 1 aliphatic rings. The Labute approximate surface area is 159 Å². The third-order valence-electron chi connectivity index (χ3n) is 4.06. The summed E-state index contributed by atoms with van der Waals surface area (Å²) in [6.45, 7) is 4.64. The fourth-order valence-corrected chi connectivity index (χ4v) is 2.86. The molecule has 2 aromatic carbocycles. The molecule has 0 saturated carbocycles. The number of rotatable bonds is 7. The second-order valence-corrected chi connectivity index (χ2v) is 6.63. The molecule has 0 aliphatic carbocycles. The lowest BCUT2D eigenvalue weighted by Crippen LogP contribution is -2.53. The lowest BCUT2D eigenvalue weighted by atomic mass is 10.1. The molecule has 142 valence electrons. The number of aliphatic imine (C=N–C) groups is 2. The van der Waals surface area contributed by atoms with Gasteiger partial charge in [-0.05, 0) is 25.5 Å². The van der Waals surface area contributed by atoms with Gasteiger partial charge in [0.15, 0.2) is 5.66 Å². The van der Waals surface area contributed by atoms with Crippen LogP contribution in [0.4, 0.5) is 0 Å². The van der Waals surface area contributed by atoms with E-state index in [2.05, 4.69) is 28.2 Å². The second-order valence-electron chi connectivity index (χ2n) is 6.63. The maximum absolute atomic E-state index is 5.97. The maximum atomic E-state index is 5.97. The van der Waals surface area contributed by atoms with Gasteiger partial charge in [-0.1, -0.05) is 48.5 Å². The number of hydrogen-bond acceptors (Lipinski definition) is 7. The van der Waals surface area contributed by atoms with Crippen LogP contribution in [0.1, 0.15) is 20.3 Å². The maximum Gasteiger partial charge on any atom is 0.226 e. The molecule has 0 aromatic heterocycles. The lowest BCUT2D eigenvalue weighted by Gasteiger charge is -2.36. The largest absolute Gasteiger partial charge is 0.493 e. The smallest absolute Gasteiger partial charge is 0.226 e. The number of nitrogens with zero attached hydrogens (tertiary/aromatic N) is 3. The van der Waals surface area contributed by atoms with Gasteiger partial charge in [0.2, 0.25) is 11.9 Å². The van der Waals surface area contributed by atoms with Crippen molar-refractivity contribution in [2.45, 2.75) is 25.9 Å². The standard InChI is InChI=1S/C20H25N5O2/c1-20(2)24-18(21)23-19(22)25(20)27-14-8-13-26-17-12-7-6-11-16(17)15-9-4-3-5-10-15/h3-7,9-12H,8,13-14H2,1-2H3,(H4,21,22,23,24). The van der Waals surface area contributed by atoms with Gasteiger partial charge in [-0.2, -0.15) is 10.1 Å². The molecule has 0 radical (unpaired) electrons. The van der Waals surface area contributed by atoms with Crippen LogP contribution >= 0.6 is 0 Å². The summed E-state index contributed by atoms with van der Waals surface area (Å²) >= 11 is 0. The van der Waals surface area contributed by atoms with Crippen molar-refractivity contribution < 1.29 is 9.57 Å². The summed E-state index contributed by atoms with van der Waals surface area (Å²) in [6.07, 6.45) is 0.683. The van der Waals surface area contributed by atoms with E-state index in [0.717, 1.165) is 16.9 Å². The second kappa shape index (κ2) is 8.09. The van der Waals surface area contributed by atoms with E-state index in [1.54, 1.807) is 0 Å². The van der Waals surface area contributed by atoms with Crippen LogP contribution in [0.2, 0.25) is 0 Å². The summed E-state index contributed by atoms with van der Waals surface area (Å²) in [5.74, 6) is 1.20. The highest BCUT2D eigenvalue weighted by Crippen LogP contribution is 2.29. The highest BCUT2D eigenvalue weighted by atomic mass is 16.7.